The maximum atomic E-state index is 5.74. The van der Waals surface area contributed by atoms with Crippen LogP contribution < -0.4 is 19.5 Å². The summed E-state index contributed by atoms with van der Waals surface area (Å²) in [5, 5.41) is 3.65. The standard InChI is InChI=1S/C19H21NO3/c1-21-13-5-4-11-8-15-17-12(6-7-20-15)9-16(22-2)19(23-3)18(17)14(11)10-13/h4-5,9-10,15,20H,6-8H2,1-3H3. The quantitative estimate of drug-likeness (QED) is 0.945. The van der Waals surface area contributed by atoms with Crippen LogP contribution in [0.5, 0.6) is 17.2 Å². The molecule has 1 heterocycles. The van der Waals surface area contributed by atoms with Crippen LogP contribution in [0.1, 0.15) is 22.7 Å². The Labute approximate surface area is 136 Å². The van der Waals surface area contributed by atoms with Crippen molar-refractivity contribution < 1.29 is 14.2 Å². The van der Waals surface area contributed by atoms with Crippen LogP contribution in [0, 0.1) is 0 Å². The van der Waals surface area contributed by atoms with E-state index in [1.807, 2.05) is 6.07 Å². The summed E-state index contributed by atoms with van der Waals surface area (Å²) in [5.74, 6) is 2.48. The van der Waals surface area contributed by atoms with Crippen molar-refractivity contribution in [3.8, 4) is 28.4 Å². The van der Waals surface area contributed by atoms with Gasteiger partial charge in [-0.1, -0.05) is 6.07 Å². The van der Waals surface area contributed by atoms with Crippen LogP contribution in [-0.2, 0) is 12.8 Å². The Bertz CT molecular complexity index is 770. The molecule has 0 fully saturated rings. The summed E-state index contributed by atoms with van der Waals surface area (Å²) < 4.78 is 16.8. The molecule has 1 aliphatic heterocycles. The topological polar surface area (TPSA) is 39.7 Å². The van der Waals surface area contributed by atoms with E-state index in [1.165, 1.54) is 22.3 Å². The highest BCUT2D eigenvalue weighted by molar-refractivity contribution is 5.84. The molecule has 0 amide bonds. The minimum absolute atomic E-state index is 0.342. The number of rotatable bonds is 3. The molecule has 0 spiro atoms. The summed E-state index contributed by atoms with van der Waals surface area (Å²) in [7, 11) is 5.11. The van der Waals surface area contributed by atoms with Gasteiger partial charge in [0.2, 0.25) is 0 Å². The second kappa shape index (κ2) is 5.46. The first-order chi connectivity index (χ1) is 11.3. The molecule has 1 unspecified atom stereocenters. The predicted octanol–water partition coefficient (Wildman–Crippen LogP) is 3.12. The van der Waals surface area contributed by atoms with Gasteiger partial charge in [-0.2, -0.15) is 0 Å². The van der Waals surface area contributed by atoms with Crippen molar-refractivity contribution in [3.05, 3.63) is 41.0 Å². The predicted molar refractivity (Wildman–Crippen MR) is 89.7 cm³/mol. The fourth-order valence-electron chi connectivity index (χ4n) is 3.90. The van der Waals surface area contributed by atoms with Crippen LogP contribution in [-0.4, -0.2) is 27.9 Å². The molecule has 0 aromatic heterocycles. The van der Waals surface area contributed by atoms with Crippen LogP contribution in [0.25, 0.3) is 11.1 Å². The van der Waals surface area contributed by atoms with E-state index >= 15 is 0 Å². The lowest BCUT2D eigenvalue weighted by Gasteiger charge is -2.35. The Morgan fingerprint density at radius 3 is 2.61 bits per heavy atom. The number of benzene rings is 2. The van der Waals surface area contributed by atoms with E-state index in [9.17, 15) is 0 Å². The lowest BCUT2D eigenvalue weighted by Crippen LogP contribution is -2.33. The number of ether oxygens (including phenoxy) is 3. The molecule has 4 nitrogen and oxygen atoms in total. The molecule has 0 bridgehead atoms. The normalized spacial score (nSPS) is 18.0. The number of fused-ring (bicyclic) bond motifs is 2. The van der Waals surface area contributed by atoms with E-state index in [0.29, 0.717) is 6.04 Å². The van der Waals surface area contributed by atoms with E-state index in [2.05, 4.69) is 23.5 Å². The number of nitrogens with one attached hydrogen (secondary N) is 1. The molecule has 120 valence electrons. The Hall–Kier alpha value is -2.20. The van der Waals surface area contributed by atoms with E-state index in [-0.39, 0.29) is 0 Å². The van der Waals surface area contributed by atoms with Crippen LogP contribution in [0.3, 0.4) is 0 Å². The summed E-state index contributed by atoms with van der Waals surface area (Å²) in [4.78, 5) is 0. The molecule has 1 aliphatic carbocycles. The van der Waals surface area contributed by atoms with Gasteiger partial charge in [0, 0.05) is 11.6 Å². The molecule has 1 N–H and O–H groups in total. The monoisotopic (exact) mass is 311 g/mol. The number of methoxy groups -OCH3 is 3. The maximum Gasteiger partial charge on any atom is 0.168 e. The van der Waals surface area contributed by atoms with Gasteiger partial charge in [0.15, 0.2) is 11.5 Å². The average Bonchev–Trinajstić information content (AvgIpc) is 2.60. The third-order valence-corrected chi connectivity index (χ3v) is 4.94. The second-order valence-electron chi connectivity index (χ2n) is 6.04. The van der Waals surface area contributed by atoms with Crippen LogP contribution in [0.4, 0.5) is 0 Å². The highest BCUT2D eigenvalue weighted by Crippen LogP contribution is 2.51. The number of hydrogen-bond donors (Lipinski definition) is 1. The fourth-order valence-corrected chi connectivity index (χ4v) is 3.90. The zero-order chi connectivity index (χ0) is 16.0. The van der Waals surface area contributed by atoms with Crippen LogP contribution >= 0.6 is 0 Å². The third kappa shape index (κ3) is 2.09. The molecule has 0 saturated carbocycles. The highest BCUT2D eigenvalue weighted by Gasteiger charge is 2.33. The van der Waals surface area contributed by atoms with E-state index in [0.717, 1.165) is 42.2 Å². The van der Waals surface area contributed by atoms with Crippen molar-refractivity contribution in [1.82, 2.24) is 5.32 Å². The molecule has 0 saturated heterocycles. The van der Waals surface area contributed by atoms with Gasteiger partial charge in [-0.05, 0) is 59.8 Å². The van der Waals surface area contributed by atoms with E-state index in [1.54, 1.807) is 21.3 Å². The maximum absolute atomic E-state index is 5.74. The molecule has 4 heteroatoms. The molecule has 2 aromatic carbocycles. The Balaban J connectivity index is 2.06. The SMILES string of the molecule is COc1ccc2c(c1)-c1c(OC)c(OC)cc3c1C(C2)NCC3. The minimum Gasteiger partial charge on any atom is -0.497 e. The smallest absolute Gasteiger partial charge is 0.168 e. The fraction of sp³-hybridized carbons (Fsp3) is 0.368. The van der Waals surface area contributed by atoms with Crippen molar-refractivity contribution in [2.45, 2.75) is 18.9 Å². The van der Waals surface area contributed by atoms with Crippen molar-refractivity contribution in [2.75, 3.05) is 27.9 Å². The zero-order valence-electron chi connectivity index (χ0n) is 13.7. The van der Waals surface area contributed by atoms with Gasteiger partial charge in [0.25, 0.3) is 0 Å². The van der Waals surface area contributed by atoms with Crippen molar-refractivity contribution in [2.24, 2.45) is 0 Å². The number of hydrogen-bond acceptors (Lipinski definition) is 4. The lowest BCUT2D eigenvalue weighted by molar-refractivity contribution is 0.353. The van der Waals surface area contributed by atoms with E-state index < -0.39 is 0 Å². The van der Waals surface area contributed by atoms with Gasteiger partial charge < -0.3 is 19.5 Å². The molecule has 0 radical (unpaired) electrons. The summed E-state index contributed by atoms with van der Waals surface area (Å²) in [6.07, 6.45) is 2.01. The van der Waals surface area contributed by atoms with Gasteiger partial charge in [0.1, 0.15) is 5.75 Å². The van der Waals surface area contributed by atoms with Crippen LogP contribution in [0.15, 0.2) is 24.3 Å². The first-order valence-electron chi connectivity index (χ1n) is 7.95. The zero-order valence-corrected chi connectivity index (χ0v) is 13.7. The highest BCUT2D eigenvalue weighted by atomic mass is 16.5. The Kier molecular flexibility index (Phi) is 3.42. The summed E-state index contributed by atoms with van der Waals surface area (Å²) in [5.41, 5.74) is 6.37. The summed E-state index contributed by atoms with van der Waals surface area (Å²) in [6, 6.07) is 8.77. The van der Waals surface area contributed by atoms with Gasteiger partial charge in [-0.3, -0.25) is 0 Å². The summed E-state index contributed by atoms with van der Waals surface area (Å²) in [6.45, 7) is 0.998. The first-order valence-corrected chi connectivity index (χ1v) is 7.95. The van der Waals surface area contributed by atoms with Gasteiger partial charge in [-0.25, -0.2) is 0 Å². The molecule has 2 aromatic rings. The van der Waals surface area contributed by atoms with Crippen molar-refractivity contribution in [1.29, 1.82) is 0 Å². The molecule has 23 heavy (non-hydrogen) atoms. The second-order valence-corrected chi connectivity index (χ2v) is 6.04. The largest absolute Gasteiger partial charge is 0.497 e. The molecular formula is C19H21NO3. The molecule has 2 aliphatic rings. The van der Waals surface area contributed by atoms with Crippen LogP contribution in [0.2, 0.25) is 0 Å². The molecular weight excluding hydrogens is 290 g/mol. The van der Waals surface area contributed by atoms with Crippen molar-refractivity contribution in [3.63, 3.8) is 0 Å². The van der Waals surface area contributed by atoms with Crippen molar-refractivity contribution >= 4 is 0 Å². The molecule has 4 rings (SSSR count). The average molecular weight is 311 g/mol. The van der Waals surface area contributed by atoms with E-state index in [4.69, 9.17) is 14.2 Å². The van der Waals surface area contributed by atoms with Gasteiger partial charge in [-0.15, -0.1) is 0 Å². The third-order valence-electron chi connectivity index (χ3n) is 4.94. The van der Waals surface area contributed by atoms with Gasteiger partial charge >= 0.3 is 0 Å². The Morgan fingerprint density at radius 2 is 1.87 bits per heavy atom. The Morgan fingerprint density at radius 1 is 1.00 bits per heavy atom. The summed E-state index contributed by atoms with van der Waals surface area (Å²) >= 11 is 0. The first kappa shape index (κ1) is 14.4. The molecule has 1 atom stereocenters. The minimum atomic E-state index is 0.342. The van der Waals surface area contributed by atoms with Gasteiger partial charge in [0.05, 0.1) is 21.3 Å². The lowest BCUT2D eigenvalue weighted by atomic mass is 9.77.